The number of carbonyl (C=O) groups is 1. The molecular formula is C11H17N3O. The predicted octanol–water partition coefficient (Wildman–Crippen LogP) is 1.07. The molecule has 2 rings (SSSR count). The van der Waals surface area contributed by atoms with Gasteiger partial charge in [-0.2, -0.15) is 0 Å². The van der Waals surface area contributed by atoms with Gasteiger partial charge < -0.3 is 4.57 Å². The quantitative estimate of drug-likeness (QED) is 0.744. The second-order valence-corrected chi connectivity index (χ2v) is 3.99. The summed E-state index contributed by atoms with van der Waals surface area (Å²) in [5.41, 5.74) is 1.24. The van der Waals surface area contributed by atoms with Crippen molar-refractivity contribution in [1.29, 1.82) is 0 Å². The average molecular weight is 207 g/mol. The molecule has 0 unspecified atom stereocenters. The SMILES string of the molecule is CCn1cncc1CN1CCC(=O)CC1. The van der Waals surface area contributed by atoms with Gasteiger partial charge in [0, 0.05) is 45.2 Å². The molecule has 0 amide bonds. The lowest BCUT2D eigenvalue weighted by Gasteiger charge is -2.25. The van der Waals surface area contributed by atoms with Gasteiger partial charge in [-0.15, -0.1) is 0 Å². The first-order valence-corrected chi connectivity index (χ1v) is 5.52. The number of aromatic nitrogens is 2. The van der Waals surface area contributed by atoms with Crippen LogP contribution in [0.2, 0.25) is 0 Å². The van der Waals surface area contributed by atoms with E-state index in [9.17, 15) is 4.79 Å². The molecule has 0 atom stereocenters. The fourth-order valence-electron chi connectivity index (χ4n) is 1.95. The van der Waals surface area contributed by atoms with Gasteiger partial charge in [0.05, 0.1) is 12.0 Å². The lowest BCUT2D eigenvalue weighted by atomic mass is 10.1. The van der Waals surface area contributed by atoms with Crippen molar-refractivity contribution < 1.29 is 4.79 Å². The van der Waals surface area contributed by atoms with Gasteiger partial charge in [-0.05, 0) is 6.92 Å². The molecule has 0 aliphatic carbocycles. The zero-order chi connectivity index (χ0) is 10.7. The second kappa shape index (κ2) is 4.57. The maximum absolute atomic E-state index is 11.1. The van der Waals surface area contributed by atoms with Gasteiger partial charge >= 0.3 is 0 Å². The number of hydrogen-bond acceptors (Lipinski definition) is 3. The van der Waals surface area contributed by atoms with Crippen LogP contribution in [0.1, 0.15) is 25.5 Å². The first-order chi connectivity index (χ1) is 7.29. The van der Waals surface area contributed by atoms with Crippen molar-refractivity contribution in [2.75, 3.05) is 13.1 Å². The zero-order valence-electron chi connectivity index (χ0n) is 9.15. The number of rotatable bonds is 3. The van der Waals surface area contributed by atoms with Crippen molar-refractivity contribution in [2.24, 2.45) is 0 Å². The smallest absolute Gasteiger partial charge is 0.135 e. The highest BCUT2D eigenvalue weighted by Gasteiger charge is 2.16. The molecule has 0 spiro atoms. The highest BCUT2D eigenvalue weighted by Crippen LogP contribution is 2.10. The Morgan fingerprint density at radius 3 is 2.80 bits per heavy atom. The minimum atomic E-state index is 0.398. The van der Waals surface area contributed by atoms with Crippen molar-refractivity contribution in [2.45, 2.75) is 32.9 Å². The summed E-state index contributed by atoms with van der Waals surface area (Å²) < 4.78 is 2.15. The number of hydrogen-bond donors (Lipinski definition) is 0. The molecule has 15 heavy (non-hydrogen) atoms. The van der Waals surface area contributed by atoms with Crippen molar-refractivity contribution in [3.8, 4) is 0 Å². The predicted molar refractivity (Wildman–Crippen MR) is 57.4 cm³/mol. The van der Waals surface area contributed by atoms with E-state index < -0.39 is 0 Å². The van der Waals surface area contributed by atoms with Gasteiger partial charge in [0.2, 0.25) is 0 Å². The van der Waals surface area contributed by atoms with Crippen LogP contribution in [0.3, 0.4) is 0 Å². The summed E-state index contributed by atoms with van der Waals surface area (Å²) in [6, 6.07) is 0. The Hall–Kier alpha value is -1.16. The number of carbonyl (C=O) groups excluding carboxylic acids is 1. The summed E-state index contributed by atoms with van der Waals surface area (Å²) in [6.45, 7) is 5.79. The number of nitrogens with zero attached hydrogens (tertiary/aromatic N) is 3. The normalized spacial score (nSPS) is 18.3. The van der Waals surface area contributed by atoms with Crippen molar-refractivity contribution >= 4 is 5.78 Å². The lowest BCUT2D eigenvalue weighted by molar-refractivity contribution is -0.121. The van der Waals surface area contributed by atoms with Crippen LogP contribution in [-0.2, 0) is 17.9 Å². The molecule has 1 aliphatic rings. The molecule has 1 aromatic heterocycles. The zero-order valence-corrected chi connectivity index (χ0v) is 9.15. The molecule has 0 bridgehead atoms. The Morgan fingerprint density at radius 2 is 2.13 bits per heavy atom. The second-order valence-electron chi connectivity index (χ2n) is 3.99. The van der Waals surface area contributed by atoms with Gasteiger partial charge in [-0.25, -0.2) is 4.98 Å². The van der Waals surface area contributed by atoms with E-state index in [1.165, 1.54) is 5.69 Å². The van der Waals surface area contributed by atoms with E-state index in [0.717, 1.165) is 26.2 Å². The molecule has 0 N–H and O–H groups in total. The Kier molecular flexibility index (Phi) is 3.16. The van der Waals surface area contributed by atoms with Gasteiger partial charge in [0.15, 0.2) is 0 Å². The van der Waals surface area contributed by atoms with Crippen LogP contribution in [-0.4, -0.2) is 33.3 Å². The van der Waals surface area contributed by atoms with Crippen LogP contribution in [0.4, 0.5) is 0 Å². The van der Waals surface area contributed by atoms with Crippen molar-refractivity contribution in [3.05, 3.63) is 18.2 Å². The van der Waals surface area contributed by atoms with Crippen LogP contribution < -0.4 is 0 Å². The topological polar surface area (TPSA) is 38.1 Å². The van der Waals surface area contributed by atoms with E-state index in [1.54, 1.807) is 0 Å². The fraction of sp³-hybridized carbons (Fsp3) is 0.636. The van der Waals surface area contributed by atoms with Crippen LogP contribution in [0.15, 0.2) is 12.5 Å². The van der Waals surface area contributed by atoms with Crippen LogP contribution >= 0.6 is 0 Å². The summed E-state index contributed by atoms with van der Waals surface area (Å²) in [5, 5.41) is 0. The Morgan fingerprint density at radius 1 is 1.40 bits per heavy atom. The minimum absolute atomic E-state index is 0.398. The van der Waals surface area contributed by atoms with Gasteiger partial charge in [0.1, 0.15) is 5.78 Å². The number of Topliss-reactive ketones (excluding diaryl/α,β-unsaturated/α-hetero) is 1. The molecule has 0 saturated carbocycles. The van der Waals surface area contributed by atoms with E-state index in [2.05, 4.69) is 21.4 Å². The third kappa shape index (κ3) is 2.45. The highest BCUT2D eigenvalue weighted by atomic mass is 16.1. The summed E-state index contributed by atoms with van der Waals surface area (Å²) >= 11 is 0. The van der Waals surface area contributed by atoms with Crippen LogP contribution in [0.5, 0.6) is 0 Å². The maximum Gasteiger partial charge on any atom is 0.135 e. The van der Waals surface area contributed by atoms with E-state index in [-0.39, 0.29) is 0 Å². The van der Waals surface area contributed by atoms with Crippen molar-refractivity contribution in [3.63, 3.8) is 0 Å². The minimum Gasteiger partial charge on any atom is -0.334 e. The van der Waals surface area contributed by atoms with Crippen LogP contribution in [0, 0.1) is 0 Å². The molecule has 1 saturated heterocycles. The van der Waals surface area contributed by atoms with Gasteiger partial charge in [-0.3, -0.25) is 9.69 Å². The highest BCUT2D eigenvalue weighted by molar-refractivity contribution is 5.79. The van der Waals surface area contributed by atoms with Crippen LogP contribution in [0.25, 0.3) is 0 Å². The summed E-state index contributed by atoms with van der Waals surface area (Å²) in [7, 11) is 0. The number of piperidine rings is 1. The first kappa shape index (κ1) is 10.4. The van der Waals surface area contributed by atoms with E-state index in [0.29, 0.717) is 18.6 Å². The van der Waals surface area contributed by atoms with Gasteiger partial charge in [-0.1, -0.05) is 0 Å². The largest absolute Gasteiger partial charge is 0.334 e. The van der Waals surface area contributed by atoms with E-state index in [4.69, 9.17) is 0 Å². The Bertz CT molecular complexity index is 335. The summed E-state index contributed by atoms with van der Waals surface area (Å²) in [4.78, 5) is 17.6. The maximum atomic E-state index is 11.1. The monoisotopic (exact) mass is 207 g/mol. The molecule has 0 radical (unpaired) electrons. The summed E-state index contributed by atoms with van der Waals surface area (Å²) in [5.74, 6) is 0.398. The summed E-state index contributed by atoms with van der Waals surface area (Å²) in [6.07, 6.45) is 5.20. The number of ketones is 1. The molecule has 1 fully saturated rings. The molecule has 2 heterocycles. The molecule has 4 heteroatoms. The number of imidazole rings is 1. The molecule has 1 aromatic rings. The number of likely N-dealkylation sites (tertiary alicyclic amines) is 1. The fourth-order valence-corrected chi connectivity index (χ4v) is 1.95. The third-order valence-corrected chi connectivity index (χ3v) is 2.94. The average Bonchev–Trinajstić information content (AvgIpc) is 2.69. The number of aryl methyl sites for hydroxylation is 1. The third-order valence-electron chi connectivity index (χ3n) is 2.94. The Balaban J connectivity index is 1.94. The van der Waals surface area contributed by atoms with Gasteiger partial charge in [0.25, 0.3) is 0 Å². The Labute approximate surface area is 89.9 Å². The first-order valence-electron chi connectivity index (χ1n) is 5.52. The lowest BCUT2D eigenvalue weighted by Crippen LogP contribution is -2.33. The van der Waals surface area contributed by atoms with E-state index in [1.807, 2.05) is 12.5 Å². The molecular weight excluding hydrogens is 190 g/mol. The molecule has 0 aromatic carbocycles. The standard InChI is InChI=1S/C11H17N3O/c1-2-14-9-12-7-10(14)8-13-5-3-11(15)4-6-13/h7,9H,2-6,8H2,1H3. The van der Waals surface area contributed by atoms with E-state index >= 15 is 0 Å². The molecule has 1 aliphatic heterocycles. The molecule has 4 nitrogen and oxygen atoms in total. The van der Waals surface area contributed by atoms with Crippen molar-refractivity contribution in [1.82, 2.24) is 14.5 Å². The molecule has 82 valence electrons.